The van der Waals surface area contributed by atoms with Crippen molar-refractivity contribution >= 4 is 28.7 Å². The Morgan fingerprint density at radius 1 is 1.57 bits per heavy atom. The molecule has 0 aliphatic carbocycles. The molecule has 0 saturated heterocycles. The van der Waals surface area contributed by atoms with Gasteiger partial charge in [0.05, 0.1) is 6.61 Å². The fraction of sp³-hybridized carbons (Fsp3) is 0.133. The second kappa shape index (κ2) is 6.68. The van der Waals surface area contributed by atoms with Crippen molar-refractivity contribution in [3.63, 3.8) is 0 Å². The van der Waals surface area contributed by atoms with E-state index in [0.29, 0.717) is 22.0 Å². The lowest BCUT2D eigenvalue weighted by Gasteiger charge is -1.99. The molecule has 0 aliphatic heterocycles. The van der Waals surface area contributed by atoms with E-state index in [1.54, 1.807) is 19.1 Å². The highest BCUT2D eigenvalue weighted by atomic mass is 32.1. The third-order valence-corrected chi connectivity index (χ3v) is 3.60. The van der Waals surface area contributed by atoms with Gasteiger partial charge in [-0.15, -0.1) is 6.42 Å². The van der Waals surface area contributed by atoms with Crippen LogP contribution in [0.15, 0.2) is 24.3 Å². The van der Waals surface area contributed by atoms with Crippen LogP contribution in [-0.4, -0.2) is 24.0 Å². The molecule has 21 heavy (non-hydrogen) atoms. The van der Waals surface area contributed by atoms with Crippen LogP contribution in [0.1, 0.15) is 23.0 Å². The number of aromatic nitrogens is 1. The molecule has 0 bridgehead atoms. The summed E-state index contributed by atoms with van der Waals surface area (Å²) in [5.41, 5.74) is 1.58. The Bertz CT molecular complexity index is 716. The lowest BCUT2D eigenvalue weighted by atomic mass is 10.1. The first-order valence-corrected chi connectivity index (χ1v) is 6.96. The predicted octanol–water partition coefficient (Wildman–Crippen LogP) is 2.54. The number of hydrogen-bond acceptors (Lipinski definition) is 5. The number of carbonyl (C=O) groups is 2. The van der Waals surface area contributed by atoms with Crippen molar-refractivity contribution in [1.29, 1.82) is 0 Å². The summed E-state index contributed by atoms with van der Waals surface area (Å²) in [6, 6.07) is 7.23. The molecule has 2 aromatic rings. The van der Waals surface area contributed by atoms with Gasteiger partial charge in [0.25, 0.3) is 0 Å². The molecule has 6 heteroatoms. The Hall–Kier alpha value is -2.65. The van der Waals surface area contributed by atoms with Crippen LogP contribution in [0, 0.1) is 12.3 Å². The molecule has 1 amide bonds. The Kier molecular flexibility index (Phi) is 4.69. The summed E-state index contributed by atoms with van der Waals surface area (Å²) in [6.07, 6.45) is 5.87. The maximum Gasteiger partial charge on any atom is 0.360 e. The van der Waals surface area contributed by atoms with Crippen LogP contribution >= 0.6 is 11.3 Å². The first kappa shape index (κ1) is 14.8. The van der Waals surface area contributed by atoms with Gasteiger partial charge in [0.2, 0.25) is 6.41 Å². The van der Waals surface area contributed by atoms with E-state index in [1.807, 2.05) is 12.1 Å². The van der Waals surface area contributed by atoms with Crippen LogP contribution in [-0.2, 0) is 9.53 Å². The molecule has 0 radical (unpaired) electrons. The second-order valence-corrected chi connectivity index (χ2v) is 4.90. The Labute approximate surface area is 126 Å². The number of carbonyl (C=O) groups excluding carboxylic acids is 2. The molecular weight excluding hydrogens is 288 g/mol. The zero-order valence-electron chi connectivity index (χ0n) is 11.3. The molecule has 106 valence electrons. The third kappa shape index (κ3) is 3.27. The Balaban J connectivity index is 2.45. The summed E-state index contributed by atoms with van der Waals surface area (Å²) in [7, 11) is 0. The summed E-state index contributed by atoms with van der Waals surface area (Å²) in [5.74, 6) is 1.97. The number of anilines is 1. The number of rotatable bonds is 5. The molecule has 1 N–H and O–H groups in total. The summed E-state index contributed by atoms with van der Waals surface area (Å²) in [4.78, 5) is 26.7. The monoisotopic (exact) mass is 300 g/mol. The number of nitrogens with zero attached hydrogens (tertiary/aromatic N) is 1. The van der Waals surface area contributed by atoms with Crippen LogP contribution in [0.25, 0.3) is 10.6 Å². The highest BCUT2D eigenvalue weighted by Crippen LogP contribution is 2.32. The molecule has 0 unspecified atom stereocenters. The van der Waals surface area contributed by atoms with E-state index < -0.39 is 5.97 Å². The van der Waals surface area contributed by atoms with Gasteiger partial charge in [0.15, 0.2) is 5.69 Å². The third-order valence-electron chi connectivity index (χ3n) is 2.56. The van der Waals surface area contributed by atoms with Gasteiger partial charge in [-0.2, -0.15) is 0 Å². The molecule has 2 rings (SSSR count). The van der Waals surface area contributed by atoms with Gasteiger partial charge >= 0.3 is 5.97 Å². The Morgan fingerprint density at radius 2 is 2.38 bits per heavy atom. The van der Waals surface area contributed by atoms with Gasteiger partial charge in [-0.1, -0.05) is 29.4 Å². The van der Waals surface area contributed by atoms with E-state index >= 15 is 0 Å². The summed E-state index contributed by atoms with van der Waals surface area (Å²) < 4.78 is 4.93. The van der Waals surface area contributed by atoms with E-state index in [0.717, 1.165) is 5.56 Å². The maximum atomic E-state index is 11.8. The van der Waals surface area contributed by atoms with E-state index in [9.17, 15) is 9.59 Å². The van der Waals surface area contributed by atoms with Crippen LogP contribution in [0.3, 0.4) is 0 Å². The number of nitrogens with one attached hydrogen (secondary N) is 1. The molecule has 5 nitrogen and oxygen atoms in total. The number of terminal acetylenes is 1. The van der Waals surface area contributed by atoms with Crippen LogP contribution in [0.2, 0.25) is 0 Å². The average Bonchev–Trinajstić information content (AvgIpc) is 2.92. The fourth-order valence-electron chi connectivity index (χ4n) is 1.67. The van der Waals surface area contributed by atoms with E-state index in [2.05, 4.69) is 16.2 Å². The first-order chi connectivity index (χ1) is 10.2. The standard InChI is InChI=1S/C15H12N2O3S/c1-3-10-6-5-7-11(8-10)13-17-12(15(19)20-4-2)14(21-13)16-9-18/h1,5-9H,4H2,2H3,(H,16,18). The molecule has 1 heterocycles. The molecular formula is C15H12N2O3S. The summed E-state index contributed by atoms with van der Waals surface area (Å²) in [6.45, 7) is 1.94. The van der Waals surface area contributed by atoms with E-state index in [4.69, 9.17) is 11.2 Å². The second-order valence-electron chi connectivity index (χ2n) is 3.90. The van der Waals surface area contributed by atoms with Crippen molar-refractivity contribution < 1.29 is 14.3 Å². The average molecular weight is 300 g/mol. The molecule has 1 aromatic heterocycles. The van der Waals surface area contributed by atoms with Gasteiger partial charge in [-0.25, -0.2) is 9.78 Å². The number of ether oxygens (including phenoxy) is 1. The lowest BCUT2D eigenvalue weighted by molar-refractivity contribution is -0.105. The zero-order chi connectivity index (χ0) is 15.2. The zero-order valence-corrected chi connectivity index (χ0v) is 12.1. The fourth-order valence-corrected chi connectivity index (χ4v) is 2.58. The van der Waals surface area contributed by atoms with Crippen LogP contribution < -0.4 is 5.32 Å². The topological polar surface area (TPSA) is 68.3 Å². The number of benzene rings is 1. The quantitative estimate of drug-likeness (QED) is 0.523. The Morgan fingerprint density at radius 3 is 3.05 bits per heavy atom. The molecule has 0 saturated carbocycles. The summed E-state index contributed by atoms with van der Waals surface area (Å²) >= 11 is 1.19. The van der Waals surface area contributed by atoms with Gasteiger partial charge in [0, 0.05) is 11.1 Å². The molecule has 0 atom stereocenters. The van der Waals surface area contributed by atoms with Crippen LogP contribution in [0.4, 0.5) is 5.00 Å². The van der Waals surface area contributed by atoms with Gasteiger partial charge < -0.3 is 10.1 Å². The number of esters is 1. The smallest absolute Gasteiger partial charge is 0.360 e. The number of hydrogen-bond donors (Lipinski definition) is 1. The van der Waals surface area contributed by atoms with E-state index in [-0.39, 0.29) is 12.3 Å². The van der Waals surface area contributed by atoms with Crippen molar-refractivity contribution in [3.05, 3.63) is 35.5 Å². The highest BCUT2D eigenvalue weighted by molar-refractivity contribution is 7.19. The predicted molar refractivity (Wildman–Crippen MR) is 81.1 cm³/mol. The van der Waals surface area contributed by atoms with E-state index in [1.165, 1.54) is 11.3 Å². The minimum atomic E-state index is -0.572. The van der Waals surface area contributed by atoms with Crippen molar-refractivity contribution in [1.82, 2.24) is 4.98 Å². The minimum Gasteiger partial charge on any atom is -0.461 e. The van der Waals surface area contributed by atoms with Gasteiger partial charge in [-0.3, -0.25) is 4.79 Å². The molecule has 0 fully saturated rings. The molecule has 1 aromatic carbocycles. The summed E-state index contributed by atoms with van der Waals surface area (Å²) in [5, 5.41) is 3.40. The maximum absolute atomic E-state index is 11.8. The van der Waals surface area contributed by atoms with Crippen molar-refractivity contribution in [2.75, 3.05) is 11.9 Å². The number of thiazole rings is 1. The molecule has 0 spiro atoms. The van der Waals surface area contributed by atoms with Crippen molar-refractivity contribution in [2.24, 2.45) is 0 Å². The highest BCUT2D eigenvalue weighted by Gasteiger charge is 2.20. The van der Waals surface area contributed by atoms with Crippen LogP contribution in [0.5, 0.6) is 0 Å². The minimum absolute atomic E-state index is 0.0926. The lowest BCUT2D eigenvalue weighted by Crippen LogP contribution is -2.08. The first-order valence-electron chi connectivity index (χ1n) is 6.14. The van der Waals surface area contributed by atoms with Gasteiger partial charge in [-0.05, 0) is 19.1 Å². The van der Waals surface area contributed by atoms with Crippen molar-refractivity contribution in [2.45, 2.75) is 6.92 Å². The SMILES string of the molecule is C#Cc1cccc(-c2nc(C(=O)OCC)c(NC=O)s2)c1. The number of amides is 1. The molecule has 0 aliphatic rings. The van der Waals surface area contributed by atoms with Gasteiger partial charge in [0.1, 0.15) is 10.0 Å². The normalized spacial score (nSPS) is 9.71. The largest absolute Gasteiger partial charge is 0.461 e. The van der Waals surface area contributed by atoms with Crippen molar-refractivity contribution in [3.8, 4) is 22.9 Å².